The van der Waals surface area contributed by atoms with E-state index in [1.807, 2.05) is 18.2 Å². The fraction of sp³-hybridized carbons (Fsp3) is 0.341. The van der Waals surface area contributed by atoms with Crippen LogP contribution in [0.5, 0.6) is 0 Å². The van der Waals surface area contributed by atoms with E-state index < -0.39 is 10.4 Å². The maximum absolute atomic E-state index is 11.2. The summed E-state index contributed by atoms with van der Waals surface area (Å²) in [4.78, 5) is 4.66. The Hall–Kier alpha value is -3.50. The number of benzene rings is 3. The molecule has 3 aliphatic rings. The summed E-state index contributed by atoms with van der Waals surface area (Å²) in [7, 11) is -4.50. The van der Waals surface area contributed by atoms with Crippen molar-refractivity contribution in [1.82, 2.24) is 0 Å². The van der Waals surface area contributed by atoms with Crippen LogP contribution in [0.3, 0.4) is 0 Å². The molecule has 6 rings (SSSR count). The van der Waals surface area contributed by atoms with Crippen LogP contribution in [0.2, 0.25) is 0 Å². The van der Waals surface area contributed by atoms with E-state index in [4.69, 9.17) is 14.0 Å². The first kappa shape index (κ1) is 40.2. The molecule has 3 aromatic carbocycles. The number of hydrogen-bond donors (Lipinski definition) is 2. The van der Waals surface area contributed by atoms with Crippen molar-refractivity contribution >= 4 is 51.6 Å². The highest BCUT2D eigenvalue weighted by molar-refractivity contribution is 8.03. The number of para-hydroxylation sites is 2. The van der Waals surface area contributed by atoms with E-state index in [9.17, 15) is 8.42 Å². The fourth-order valence-electron chi connectivity index (χ4n) is 7.62. The lowest BCUT2D eigenvalue weighted by atomic mass is 9.81. The highest BCUT2D eigenvalue weighted by Gasteiger charge is 2.44. The highest BCUT2D eigenvalue weighted by Crippen LogP contribution is 2.49. The SMILES string of the molecule is CC1(C)C(=CC=C2CCC(C=CC3=[N+](CCCOSOOO)c4ccccc4C3(C)C)=C2Sc2ccccc2)N(CCCOS(=O)(=O)O)c2ccccc21. The predicted molar refractivity (Wildman–Crippen MR) is 215 cm³/mol. The molecule has 10 nitrogen and oxygen atoms in total. The van der Waals surface area contributed by atoms with Gasteiger partial charge >= 0.3 is 10.4 Å². The Kier molecular flexibility index (Phi) is 13.0. The second kappa shape index (κ2) is 17.5. The smallest absolute Gasteiger partial charge is 0.344 e. The standard InChI is InChI=1S/C41H46N2O8S3/c1-40(2)33-16-8-10-18-35(33)42(26-12-28-48-53-51-50-44)37(40)24-22-30-20-21-31(39(30)52-32-14-6-5-7-15-32)23-25-38-41(3,4)34-17-9-11-19-36(34)43(38)27-13-29-49-54(45,46)47/h5-11,14-19,22-25H,12-13,20-21,26-29H2,1-4H3,(H-,44,45,46,47)/p+1. The molecule has 0 saturated heterocycles. The van der Waals surface area contributed by atoms with Gasteiger partial charge in [-0.2, -0.15) is 13.0 Å². The Balaban J connectivity index is 1.34. The van der Waals surface area contributed by atoms with Crippen molar-refractivity contribution in [2.75, 3.05) is 31.2 Å². The van der Waals surface area contributed by atoms with Gasteiger partial charge in [0.2, 0.25) is 5.69 Å². The van der Waals surface area contributed by atoms with Gasteiger partial charge in [0.15, 0.2) is 24.6 Å². The summed E-state index contributed by atoms with van der Waals surface area (Å²) in [5, 5.41) is 12.0. The summed E-state index contributed by atoms with van der Waals surface area (Å²) in [6, 6.07) is 27.3. The molecule has 2 aliphatic heterocycles. The van der Waals surface area contributed by atoms with E-state index >= 15 is 0 Å². The van der Waals surface area contributed by atoms with Crippen LogP contribution in [-0.4, -0.2) is 54.8 Å². The first-order chi connectivity index (χ1) is 25.9. The van der Waals surface area contributed by atoms with Crippen LogP contribution in [-0.2, 0) is 39.0 Å². The molecule has 0 bridgehead atoms. The Morgan fingerprint density at radius 1 is 0.852 bits per heavy atom. The largest absolute Gasteiger partial charge is 0.397 e. The average Bonchev–Trinajstić information content (AvgIpc) is 3.70. The molecule has 0 atom stereocenters. The van der Waals surface area contributed by atoms with Gasteiger partial charge in [0.25, 0.3) is 0 Å². The molecule has 2 heterocycles. The van der Waals surface area contributed by atoms with E-state index in [1.54, 1.807) is 11.8 Å². The van der Waals surface area contributed by atoms with E-state index in [2.05, 4.69) is 136 Å². The number of fused-ring (bicyclic) bond motifs is 2. The zero-order valence-corrected chi connectivity index (χ0v) is 33.4. The van der Waals surface area contributed by atoms with Gasteiger partial charge in [-0.15, -0.1) is 4.33 Å². The highest BCUT2D eigenvalue weighted by atomic mass is 32.3. The van der Waals surface area contributed by atoms with Crippen LogP contribution in [0.25, 0.3) is 0 Å². The number of nitrogens with zero attached hydrogens (tertiary/aromatic N) is 2. The van der Waals surface area contributed by atoms with Gasteiger partial charge in [-0.3, -0.25) is 8.74 Å². The monoisotopic (exact) mass is 791 g/mol. The summed E-state index contributed by atoms with van der Waals surface area (Å²) in [5.74, 6) is 0. The average molecular weight is 792 g/mol. The fourth-order valence-corrected chi connectivity index (χ4v) is 9.33. The van der Waals surface area contributed by atoms with Crippen LogP contribution in [0.1, 0.15) is 64.5 Å². The van der Waals surface area contributed by atoms with Crippen molar-refractivity contribution in [3.8, 4) is 0 Å². The Morgan fingerprint density at radius 2 is 1.57 bits per heavy atom. The van der Waals surface area contributed by atoms with E-state index in [-0.39, 0.29) is 17.4 Å². The van der Waals surface area contributed by atoms with Gasteiger partial charge < -0.3 is 4.90 Å². The molecule has 0 radical (unpaired) electrons. The molecule has 0 amide bonds. The molecule has 54 heavy (non-hydrogen) atoms. The maximum atomic E-state index is 11.2. The third-order valence-corrected chi connectivity index (χ3v) is 12.2. The summed E-state index contributed by atoms with van der Waals surface area (Å²) in [6.45, 7) is 10.5. The molecular weight excluding hydrogens is 745 g/mol. The number of allylic oxidation sites excluding steroid dienone is 7. The van der Waals surface area contributed by atoms with Gasteiger partial charge in [0, 0.05) is 57.3 Å². The van der Waals surface area contributed by atoms with Crippen LogP contribution in [0.4, 0.5) is 11.4 Å². The van der Waals surface area contributed by atoms with Gasteiger partial charge in [0.1, 0.15) is 0 Å². The van der Waals surface area contributed by atoms with Crippen molar-refractivity contribution in [2.45, 2.75) is 69.1 Å². The maximum Gasteiger partial charge on any atom is 0.397 e. The molecule has 0 aromatic heterocycles. The van der Waals surface area contributed by atoms with E-state index in [0.717, 1.165) is 37.2 Å². The second-order valence-corrected chi connectivity index (χ2v) is 17.0. The van der Waals surface area contributed by atoms with Crippen LogP contribution < -0.4 is 4.90 Å². The first-order valence-electron chi connectivity index (χ1n) is 18.0. The summed E-state index contributed by atoms with van der Waals surface area (Å²) in [6.07, 6.45) is 12.0. The van der Waals surface area contributed by atoms with Crippen molar-refractivity contribution in [1.29, 1.82) is 0 Å². The van der Waals surface area contributed by atoms with E-state index in [0.29, 0.717) is 31.9 Å². The molecule has 3 aromatic rings. The van der Waals surface area contributed by atoms with Crippen molar-refractivity contribution < 1.29 is 40.5 Å². The summed E-state index contributed by atoms with van der Waals surface area (Å²) in [5.41, 5.74) is 9.11. The van der Waals surface area contributed by atoms with Gasteiger partial charge in [-0.25, -0.2) is 9.44 Å². The molecule has 0 fully saturated rings. The molecule has 0 saturated carbocycles. The van der Waals surface area contributed by atoms with Gasteiger partial charge in [0.05, 0.1) is 18.6 Å². The minimum atomic E-state index is -4.50. The molecule has 2 N–H and O–H groups in total. The lowest BCUT2D eigenvalue weighted by Gasteiger charge is -2.27. The van der Waals surface area contributed by atoms with Crippen molar-refractivity contribution in [3.63, 3.8) is 0 Å². The number of hydrogen-bond acceptors (Lipinski definition) is 10. The van der Waals surface area contributed by atoms with Crippen LogP contribution in [0.15, 0.2) is 130 Å². The molecule has 13 heteroatoms. The van der Waals surface area contributed by atoms with Gasteiger partial charge in [-0.05, 0) is 74.1 Å². The molecule has 286 valence electrons. The molecular formula is C41H47N2O8S3+. The zero-order valence-electron chi connectivity index (χ0n) is 30.9. The quantitative estimate of drug-likeness (QED) is 0.0340. The molecule has 1 aliphatic carbocycles. The molecule has 0 spiro atoms. The zero-order chi connectivity index (χ0) is 38.3. The van der Waals surface area contributed by atoms with Crippen molar-refractivity contribution in [3.05, 3.63) is 136 Å². The lowest BCUT2D eigenvalue weighted by Crippen LogP contribution is -2.28. The Morgan fingerprint density at radius 3 is 2.33 bits per heavy atom. The third kappa shape index (κ3) is 9.13. The number of rotatable bonds is 17. The van der Waals surface area contributed by atoms with Crippen LogP contribution >= 0.6 is 24.1 Å². The lowest BCUT2D eigenvalue weighted by molar-refractivity contribution is -0.439. The minimum Gasteiger partial charge on any atom is -0.344 e. The normalized spacial score (nSPS) is 19.2. The van der Waals surface area contributed by atoms with Crippen molar-refractivity contribution in [2.24, 2.45) is 0 Å². The number of thioether (sulfide) groups is 1. The summed E-state index contributed by atoms with van der Waals surface area (Å²) < 4.78 is 48.2. The van der Waals surface area contributed by atoms with E-state index in [1.165, 1.54) is 43.5 Å². The minimum absolute atomic E-state index is 0.108. The van der Waals surface area contributed by atoms with Crippen LogP contribution in [0, 0.1) is 0 Å². The Bertz CT molecular complexity index is 2090. The number of anilines is 1. The second-order valence-electron chi connectivity index (χ2n) is 14.3. The molecule has 0 unspecified atom stereocenters. The first-order valence-corrected chi connectivity index (χ1v) is 20.8. The Labute approximate surface area is 327 Å². The topological polar surface area (TPSA) is 118 Å². The summed E-state index contributed by atoms with van der Waals surface area (Å²) >= 11 is 2.39. The third-order valence-electron chi connectivity index (χ3n) is 10.2. The van der Waals surface area contributed by atoms with Gasteiger partial charge in [-0.1, -0.05) is 97.4 Å². The predicted octanol–water partition coefficient (Wildman–Crippen LogP) is 9.67.